The monoisotopic (exact) mass is 401 g/mol. The van der Waals surface area contributed by atoms with Crippen molar-refractivity contribution in [2.75, 3.05) is 40.5 Å². The Kier molecular flexibility index (Phi) is 8.88. The normalized spacial score (nSPS) is 12.0. The molecule has 2 rings (SSSR count). The first-order valence-electron chi connectivity index (χ1n) is 8.78. The highest BCUT2D eigenvalue weighted by Gasteiger charge is 2.21. The molecule has 0 aliphatic rings. The summed E-state index contributed by atoms with van der Waals surface area (Å²) in [5.74, 6) is 1.06. The Labute approximate surface area is 165 Å². The second-order valence-corrected chi connectivity index (χ2v) is 6.19. The van der Waals surface area contributed by atoms with E-state index in [0.717, 1.165) is 18.7 Å². The molecule has 0 amide bonds. The quantitative estimate of drug-likeness (QED) is 0.464. The lowest BCUT2D eigenvalue weighted by Gasteiger charge is -2.21. The molecule has 1 unspecified atom stereocenters. The van der Waals surface area contributed by atoms with Gasteiger partial charge in [0.15, 0.2) is 11.3 Å². The first kappa shape index (κ1) is 23.1. The zero-order valence-corrected chi connectivity index (χ0v) is 17.2. The van der Waals surface area contributed by atoms with Crippen LogP contribution in [0, 0.1) is 6.92 Å². The third-order valence-corrected chi connectivity index (χ3v) is 4.48. The number of fused-ring (bicyclic) bond motifs is 1. The standard InChI is InChI=1S/C19H27NO6.ClH/c1-6-20(7-2)10-13(21)11-25-15-9-14-12(3)8-16(22)26-17(14)19(24-5)18(15)23-4;/h8-9,13,21H,6-7,10-11H2,1-5H3;1H. The molecule has 0 bridgehead atoms. The van der Waals surface area contributed by atoms with E-state index in [0.29, 0.717) is 34.8 Å². The predicted molar refractivity (Wildman–Crippen MR) is 98.7 cm³/mol. The smallest absolute Gasteiger partial charge is 0.336 e. The molecule has 1 heterocycles. The predicted octanol–water partition coefficient (Wildman–Crippen LogP) is -2.21. The number of rotatable bonds is 9. The molecule has 1 atom stereocenters. The third kappa shape index (κ3) is 5.28. The van der Waals surface area contributed by atoms with Crippen LogP contribution >= 0.6 is 0 Å². The maximum absolute atomic E-state index is 11.7. The number of aliphatic hydroxyl groups excluding tert-OH is 1. The number of quaternary nitrogens is 1. The number of aryl methyl sites for hydroxylation is 1. The molecule has 0 fully saturated rings. The van der Waals surface area contributed by atoms with Crippen LogP contribution in [0.1, 0.15) is 19.4 Å². The van der Waals surface area contributed by atoms with Gasteiger partial charge in [-0.1, -0.05) is 0 Å². The van der Waals surface area contributed by atoms with Gasteiger partial charge < -0.3 is 41.0 Å². The van der Waals surface area contributed by atoms with Gasteiger partial charge in [-0.15, -0.1) is 0 Å². The summed E-state index contributed by atoms with van der Waals surface area (Å²) >= 11 is 0. The first-order chi connectivity index (χ1) is 12.4. The molecule has 1 aromatic carbocycles. The molecule has 0 saturated heterocycles. The van der Waals surface area contributed by atoms with Crippen molar-refractivity contribution >= 4 is 11.0 Å². The summed E-state index contributed by atoms with van der Waals surface area (Å²) in [5.41, 5.74) is 0.603. The van der Waals surface area contributed by atoms with Crippen molar-refractivity contribution in [3.63, 3.8) is 0 Å². The molecule has 8 heteroatoms. The van der Waals surface area contributed by atoms with Gasteiger partial charge in [0.05, 0.1) is 27.3 Å². The van der Waals surface area contributed by atoms with Gasteiger partial charge >= 0.3 is 5.63 Å². The van der Waals surface area contributed by atoms with Crippen LogP contribution in [0.25, 0.3) is 11.0 Å². The maximum atomic E-state index is 11.7. The third-order valence-electron chi connectivity index (χ3n) is 4.48. The van der Waals surface area contributed by atoms with Crippen LogP contribution in [-0.4, -0.2) is 51.7 Å². The Morgan fingerprint density at radius 1 is 1.15 bits per heavy atom. The second-order valence-electron chi connectivity index (χ2n) is 6.19. The highest BCUT2D eigenvalue weighted by molar-refractivity contribution is 5.90. The zero-order valence-electron chi connectivity index (χ0n) is 16.4. The fourth-order valence-electron chi connectivity index (χ4n) is 2.98. The SMILES string of the molecule is CC[NH+](CC)CC(O)COc1cc2c(C)cc(=O)oc2c(OC)c1OC.[Cl-]. The number of hydrogen-bond acceptors (Lipinski definition) is 6. The maximum Gasteiger partial charge on any atom is 0.336 e. The average Bonchev–Trinajstić information content (AvgIpc) is 2.63. The molecule has 1 aromatic heterocycles. The fraction of sp³-hybridized carbons (Fsp3) is 0.526. The topological polar surface area (TPSA) is 82.6 Å². The van der Waals surface area contributed by atoms with Gasteiger partial charge in [0.25, 0.3) is 0 Å². The number of hydrogen-bond donors (Lipinski definition) is 2. The van der Waals surface area contributed by atoms with E-state index < -0.39 is 11.7 Å². The fourth-order valence-corrected chi connectivity index (χ4v) is 2.98. The number of ether oxygens (including phenoxy) is 3. The number of nitrogens with one attached hydrogen (secondary N) is 1. The van der Waals surface area contributed by atoms with Crippen molar-refractivity contribution in [1.82, 2.24) is 0 Å². The molecule has 152 valence electrons. The molecule has 2 N–H and O–H groups in total. The molecule has 2 aromatic rings. The van der Waals surface area contributed by atoms with E-state index in [1.165, 1.54) is 25.2 Å². The number of aliphatic hydroxyl groups is 1. The Balaban J connectivity index is 0.00000364. The minimum absolute atomic E-state index is 0. The summed E-state index contributed by atoms with van der Waals surface area (Å²) in [7, 11) is 2.96. The molecule has 0 radical (unpaired) electrons. The van der Waals surface area contributed by atoms with E-state index >= 15 is 0 Å². The van der Waals surface area contributed by atoms with Gasteiger partial charge in [0.2, 0.25) is 11.5 Å². The van der Waals surface area contributed by atoms with Crippen LogP contribution in [0.15, 0.2) is 21.3 Å². The Morgan fingerprint density at radius 2 is 1.78 bits per heavy atom. The van der Waals surface area contributed by atoms with Crippen molar-refractivity contribution in [3.8, 4) is 17.2 Å². The molecular formula is C19H28ClNO6. The Hall–Kier alpha value is -1.96. The molecule has 0 aliphatic heterocycles. The Morgan fingerprint density at radius 3 is 2.33 bits per heavy atom. The average molecular weight is 402 g/mol. The molecule has 0 aliphatic carbocycles. The van der Waals surface area contributed by atoms with Crippen molar-refractivity contribution < 1.29 is 41.0 Å². The second kappa shape index (κ2) is 10.4. The van der Waals surface area contributed by atoms with Gasteiger partial charge in [0, 0.05) is 11.5 Å². The minimum Gasteiger partial charge on any atom is -1.00 e. The molecule has 27 heavy (non-hydrogen) atoms. The van der Waals surface area contributed by atoms with Crippen molar-refractivity contribution in [2.24, 2.45) is 0 Å². The number of methoxy groups -OCH3 is 2. The Bertz CT molecular complexity index is 803. The summed E-state index contributed by atoms with van der Waals surface area (Å²) < 4.78 is 21.9. The summed E-state index contributed by atoms with van der Waals surface area (Å²) in [6, 6.07) is 3.16. The van der Waals surface area contributed by atoms with E-state index in [1.54, 1.807) is 6.07 Å². The summed E-state index contributed by atoms with van der Waals surface area (Å²) in [6.45, 7) is 8.60. The van der Waals surface area contributed by atoms with Crippen LogP contribution in [-0.2, 0) is 0 Å². The number of benzene rings is 1. The summed E-state index contributed by atoms with van der Waals surface area (Å²) in [6.07, 6.45) is -0.605. The van der Waals surface area contributed by atoms with Crippen LogP contribution in [0.4, 0.5) is 0 Å². The van der Waals surface area contributed by atoms with Crippen LogP contribution in [0.2, 0.25) is 0 Å². The van der Waals surface area contributed by atoms with Gasteiger partial charge in [-0.3, -0.25) is 0 Å². The highest BCUT2D eigenvalue weighted by Crippen LogP contribution is 2.43. The lowest BCUT2D eigenvalue weighted by Crippen LogP contribution is -3.12. The number of halogens is 1. The van der Waals surface area contributed by atoms with Crippen LogP contribution in [0.3, 0.4) is 0 Å². The van der Waals surface area contributed by atoms with Crippen molar-refractivity contribution in [2.45, 2.75) is 26.9 Å². The van der Waals surface area contributed by atoms with Gasteiger partial charge in [-0.25, -0.2) is 4.79 Å². The van der Waals surface area contributed by atoms with E-state index in [4.69, 9.17) is 18.6 Å². The van der Waals surface area contributed by atoms with Crippen molar-refractivity contribution in [3.05, 3.63) is 28.1 Å². The minimum atomic E-state index is -0.605. The van der Waals surface area contributed by atoms with Crippen LogP contribution in [0.5, 0.6) is 17.2 Å². The number of likely N-dealkylation sites (N-methyl/N-ethyl adjacent to an activating group) is 1. The van der Waals surface area contributed by atoms with Crippen LogP contribution < -0.4 is 37.1 Å². The first-order valence-corrected chi connectivity index (χ1v) is 8.78. The van der Waals surface area contributed by atoms with E-state index in [9.17, 15) is 9.90 Å². The summed E-state index contributed by atoms with van der Waals surface area (Å²) in [4.78, 5) is 13.0. The van der Waals surface area contributed by atoms with Gasteiger partial charge in [0.1, 0.15) is 19.3 Å². The summed E-state index contributed by atoms with van der Waals surface area (Å²) in [5, 5.41) is 11.0. The molecule has 0 spiro atoms. The van der Waals surface area contributed by atoms with Crippen molar-refractivity contribution in [1.29, 1.82) is 0 Å². The van der Waals surface area contributed by atoms with Gasteiger partial charge in [-0.2, -0.15) is 0 Å². The van der Waals surface area contributed by atoms with E-state index in [1.807, 2.05) is 6.92 Å². The zero-order chi connectivity index (χ0) is 19.3. The van der Waals surface area contributed by atoms with E-state index in [2.05, 4.69) is 13.8 Å². The molecular weight excluding hydrogens is 374 g/mol. The molecule has 7 nitrogen and oxygen atoms in total. The van der Waals surface area contributed by atoms with E-state index in [-0.39, 0.29) is 19.0 Å². The van der Waals surface area contributed by atoms with Gasteiger partial charge in [-0.05, 0) is 32.4 Å². The highest BCUT2D eigenvalue weighted by atomic mass is 35.5. The lowest BCUT2D eigenvalue weighted by molar-refractivity contribution is -0.899. The molecule has 0 saturated carbocycles. The lowest BCUT2D eigenvalue weighted by atomic mass is 10.1. The largest absolute Gasteiger partial charge is 1.00 e.